The van der Waals surface area contributed by atoms with E-state index in [1.165, 1.54) is 12.8 Å². The fourth-order valence-corrected chi connectivity index (χ4v) is 4.52. The zero-order valence-corrected chi connectivity index (χ0v) is 20.2. The van der Waals surface area contributed by atoms with Crippen LogP contribution in [0, 0.1) is 5.92 Å². The molecule has 8 nitrogen and oxygen atoms in total. The molecule has 2 saturated heterocycles. The van der Waals surface area contributed by atoms with E-state index in [-0.39, 0.29) is 41.8 Å². The molecule has 1 unspecified atom stereocenters. The van der Waals surface area contributed by atoms with Crippen LogP contribution in [0.2, 0.25) is 0 Å². The van der Waals surface area contributed by atoms with Gasteiger partial charge >= 0.3 is 0 Å². The van der Waals surface area contributed by atoms with Gasteiger partial charge in [0, 0.05) is 78.3 Å². The summed E-state index contributed by atoms with van der Waals surface area (Å²) < 4.78 is 0. The maximum absolute atomic E-state index is 12.6. The molecule has 0 aromatic heterocycles. The van der Waals surface area contributed by atoms with E-state index in [2.05, 4.69) is 20.5 Å². The minimum absolute atomic E-state index is 0. The van der Waals surface area contributed by atoms with Crippen molar-refractivity contribution >= 4 is 41.8 Å². The van der Waals surface area contributed by atoms with Crippen molar-refractivity contribution < 1.29 is 9.59 Å². The summed E-state index contributed by atoms with van der Waals surface area (Å²) in [5, 5.41) is 6.86. The number of halogens is 1. The summed E-state index contributed by atoms with van der Waals surface area (Å²) in [6.07, 6.45) is 5.51. The molecule has 29 heavy (non-hydrogen) atoms. The third-order valence-corrected chi connectivity index (χ3v) is 6.31. The molecule has 3 rings (SSSR count). The number of hydrogen-bond acceptors (Lipinski definition) is 4. The van der Waals surface area contributed by atoms with E-state index < -0.39 is 0 Å². The van der Waals surface area contributed by atoms with Crippen molar-refractivity contribution in [3.63, 3.8) is 0 Å². The summed E-state index contributed by atoms with van der Waals surface area (Å²) >= 11 is 0. The first-order valence-electron chi connectivity index (χ1n) is 10.8. The van der Waals surface area contributed by atoms with Crippen molar-refractivity contribution in [1.29, 1.82) is 0 Å². The lowest BCUT2D eigenvalue weighted by molar-refractivity contribution is -0.134. The molecule has 0 spiro atoms. The predicted octanol–water partition coefficient (Wildman–Crippen LogP) is 0.725. The van der Waals surface area contributed by atoms with Crippen LogP contribution >= 0.6 is 24.0 Å². The molecule has 9 heteroatoms. The monoisotopic (exact) mass is 520 g/mol. The summed E-state index contributed by atoms with van der Waals surface area (Å²) in [5.74, 6) is 1.59. The minimum Gasteiger partial charge on any atom is -0.355 e. The highest BCUT2D eigenvalue weighted by molar-refractivity contribution is 14.0. The van der Waals surface area contributed by atoms with Gasteiger partial charge in [-0.15, -0.1) is 24.0 Å². The quantitative estimate of drug-likeness (QED) is 0.318. The van der Waals surface area contributed by atoms with Crippen molar-refractivity contribution in [2.24, 2.45) is 10.9 Å². The van der Waals surface area contributed by atoms with Gasteiger partial charge in [0.2, 0.25) is 11.8 Å². The number of rotatable bonds is 5. The molecule has 1 atom stereocenters. The molecule has 0 aromatic rings. The van der Waals surface area contributed by atoms with Gasteiger partial charge in [-0.05, 0) is 19.3 Å². The van der Waals surface area contributed by atoms with Crippen LogP contribution in [0.25, 0.3) is 0 Å². The number of guanidine groups is 1. The lowest BCUT2D eigenvalue weighted by Crippen LogP contribution is -2.51. The van der Waals surface area contributed by atoms with E-state index in [9.17, 15) is 9.59 Å². The lowest BCUT2D eigenvalue weighted by atomic mass is 10.1. The zero-order chi connectivity index (χ0) is 19.9. The summed E-state index contributed by atoms with van der Waals surface area (Å²) in [7, 11) is 1.79. The molecule has 1 saturated carbocycles. The van der Waals surface area contributed by atoms with Gasteiger partial charge in [-0.25, -0.2) is 0 Å². The molecule has 0 radical (unpaired) electrons. The summed E-state index contributed by atoms with van der Waals surface area (Å²) in [5.41, 5.74) is 0. The van der Waals surface area contributed by atoms with Crippen LogP contribution in [0.15, 0.2) is 4.99 Å². The van der Waals surface area contributed by atoms with E-state index in [0.29, 0.717) is 5.91 Å². The van der Waals surface area contributed by atoms with Gasteiger partial charge in [-0.3, -0.25) is 19.5 Å². The van der Waals surface area contributed by atoms with Crippen LogP contribution in [-0.2, 0) is 9.59 Å². The van der Waals surface area contributed by atoms with Crippen molar-refractivity contribution in [2.45, 2.75) is 45.1 Å². The summed E-state index contributed by atoms with van der Waals surface area (Å²) in [6, 6.07) is 0.274. The third kappa shape index (κ3) is 6.97. The van der Waals surface area contributed by atoms with Gasteiger partial charge in [0.25, 0.3) is 0 Å². The highest BCUT2D eigenvalue weighted by atomic mass is 127. The number of aliphatic imine (C=N–C) groups is 1. The first-order chi connectivity index (χ1) is 13.6. The number of piperazine rings is 1. The zero-order valence-electron chi connectivity index (χ0n) is 17.9. The topological polar surface area (TPSA) is 80.3 Å². The van der Waals surface area contributed by atoms with Gasteiger partial charge < -0.3 is 20.4 Å². The average molecular weight is 520 g/mol. The lowest BCUT2D eigenvalue weighted by Gasteiger charge is -2.34. The first kappa shape index (κ1) is 24.2. The standard InChI is InChI=1S/C20H36N6O2.HI/c1-16(27)25-13-11-24(12-14-25)10-8-22-20(21-2)23-18-7-9-26(15-18)19(28)17-5-3-4-6-17;/h17-18H,3-15H2,1-2H3,(H2,21,22,23);1H. The molecule has 3 aliphatic rings. The Balaban J connectivity index is 0.00000300. The normalized spacial score (nSPS) is 23.8. The fraction of sp³-hybridized carbons (Fsp3) is 0.850. The Morgan fingerprint density at radius 2 is 1.69 bits per heavy atom. The van der Waals surface area contributed by atoms with Gasteiger partial charge in [0.1, 0.15) is 0 Å². The maximum atomic E-state index is 12.6. The minimum atomic E-state index is 0. The van der Waals surface area contributed by atoms with Gasteiger partial charge in [0.05, 0.1) is 0 Å². The molecular formula is C20H37IN6O2. The average Bonchev–Trinajstić information content (AvgIpc) is 3.39. The largest absolute Gasteiger partial charge is 0.355 e. The third-order valence-electron chi connectivity index (χ3n) is 6.31. The second-order valence-electron chi connectivity index (χ2n) is 8.24. The van der Waals surface area contributed by atoms with E-state index in [4.69, 9.17) is 0 Å². The van der Waals surface area contributed by atoms with Gasteiger partial charge in [0.15, 0.2) is 5.96 Å². The SMILES string of the molecule is CN=C(NCCN1CCN(C(C)=O)CC1)NC1CCN(C(=O)C2CCCC2)C1.I. The van der Waals surface area contributed by atoms with Crippen LogP contribution in [0.4, 0.5) is 0 Å². The highest BCUT2D eigenvalue weighted by Gasteiger charge is 2.32. The molecule has 2 N–H and O–H groups in total. The van der Waals surface area contributed by atoms with Crippen LogP contribution in [0.1, 0.15) is 39.0 Å². The van der Waals surface area contributed by atoms with Crippen LogP contribution in [0.5, 0.6) is 0 Å². The Hall–Kier alpha value is -1.10. The second kappa shape index (κ2) is 11.9. The van der Waals surface area contributed by atoms with Crippen molar-refractivity contribution in [2.75, 3.05) is 59.4 Å². The number of likely N-dealkylation sites (tertiary alicyclic amines) is 1. The Bertz CT molecular complexity index is 573. The smallest absolute Gasteiger partial charge is 0.225 e. The molecule has 0 aromatic carbocycles. The number of nitrogens with one attached hydrogen (secondary N) is 2. The highest BCUT2D eigenvalue weighted by Crippen LogP contribution is 2.27. The number of amides is 2. The molecule has 3 fully saturated rings. The molecule has 2 heterocycles. The predicted molar refractivity (Wildman–Crippen MR) is 126 cm³/mol. The molecule has 166 valence electrons. The van der Waals surface area contributed by atoms with Gasteiger partial charge in [-0.2, -0.15) is 0 Å². The van der Waals surface area contributed by atoms with Crippen molar-refractivity contribution in [3.8, 4) is 0 Å². The van der Waals surface area contributed by atoms with E-state index in [0.717, 1.165) is 77.6 Å². The molecule has 1 aliphatic carbocycles. The molecule has 2 aliphatic heterocycles. The van der Waals surface area contributed by atoms with E-state index in [1.54, 1.807) is 14.0 Å². The van der Waals surface area contributed by atoms with Crippen molar-refractivity contribution in [3.05, 3.63) is 0 Å². The number of carbonyl (C=O) groups excluding carboxylic acids is 2. The molecular weight excluding hydrogens is 483 g/mol. The summed E-state index contributed by atoms with van der Waals surface area (Å²) in [4.78, 5) is 34.6. The summed E-state index contributed by atoms with van der Waals surface area (Å²) in [6.45, 7) is 8.50. The van der Waals surface area contributed by atoms with Crippen LogP contribution in [0.3, 0.4) is 0 Å². The van der Waals surface area contributed by atoms with Gasteiger partial charge in [-0.1, -0.05) is 12.8 Å². The Morgan fingerprint density at radius 1 is 1.00 bits per heavy atom. The maximum Gasteiger partial charge on any atom is 0.225 e. The second-order valence-corrected chi connectivity index (χ2v) is 8.24. The number of nitrogens with zero attached hydrogens (tertiary/aromatic N) is 4. The Kier molecular flexibility index (Phi) is 9.94. The Morgan fingerprint density at radius 3 is 2.31 bits per heavy atom. The fourth-order valence-electron chi connectivity index (χ4n) is 4.52. The van der Waals surface area contributed by atoms with Crippen molar-refractivity contribution in [1.82, 2.24) is 25.3 Å². The Labute approximate surface area is 191 Å². The first-order valence-corrected chi connectivity index (χ1v) is 10.8. The van der Waals surface area contributed by atoms with E-state index >= 15 is 0 Å². The van der Waals surface area contributed by atoms with Crippen LogP contribution < -0.4 is 10.6 Å². The van der Waals surface area contributed by atoms with Crippen LogP contribution in [-0.4, -0.2) is 97.9 Å². The van der Waals surface area contributed by atoms with E-state index in [1.807, 2.05) is 9.80 Å². The molecule has 0 bridgehead atoms. The molecule has 2 amide bonds. The number of hydrogen-bond donors (Lipinski definition) is 2. The number of carbonyl (C=O) groups is 2.